The normalized spacial score (nSPS) is 18.7. The Kier molecular flexibility index (Phi) is 9.71. The number of anilines is 2. The van der Waals surface area contributed by atoms with Crippen LogP contribution in [0, 0.1) is 5.92 Å². The number of aryl methyl sites for hydroxylation is 1. The molecule has 3 amide bonds. The molecule has 0 aliphatic carbocycles. The van der Waals surface area contributed by atoms with E-state index in [-0.39, 0.29) is 18.0 Å². The summed E-state index contributed by atoms with van der Waals surface area (Å²) in [4.78, 5) is 29.9. The van der Waals surface area contributed by atoms with Crippen LogP contribution in [0.15, 0.2) is 36.4 Å². The second-order valence-corrected chi connectivity index (χ2v) is 10.3. The molecule has 2 fully saturated rings. The largest absolute Gasteiger partial charge is 0.496 e. The number of hydrogen-bond acceptors (Lipinski definition) is 6. The standard InChI is InChI=1S/C28H38ClN5O4/c1-3-20-6-4-5-7-25(20)32-28(36)34-10-8-19(9-11-34)17-33-12-13-38-21(18-33)16-31-27(35)22-14-23(29)24(30)15-26(22)37-2/h4-7,14-15,19,21H,3,8-13,16-18,30H2,1-2H3,(H,31,35)(H,32,36). The van der Waals surface area contributed by atoms with Crippen LogP contribution in [-0.2, 0) is 11.2 Å². The predicted molar refractivity (Wildman–Crippen MR) is 150 cm³/mol. The fourth-order valence-corrected chi connectivity index (χ4v) is 5.28. The van der Waals surface area contributed by atoms with Gasteiger partial charge in [-0.15, -0.1) is 0 Å². The van der Waals surface area contributed by atoms with E-state index in [1.165, 1.54) is 13.2 Å². The average Bonchev–Trinajstić information content (AvgIpc) is 2.93. The number of halogens is 1. The number of nitrogens with two attached hydrogens (primary N) is 1. The number of urea groups is 1. The van der Waals surface area contributed by atoms with Gasteiger partial charge < -0.3 is 30.7 Å². The van der Waals surface area contributed by atoms with Crippen LogP contribution in [-0.4, -0.2) is 80.8 Å². The van der Waals surface area contributed by atoms with Crippen molar-refractivity contribution in [2.75, 3.05) is 64.0 Å². The lowest BCUT2D eigenvalue weighted by atomic mass is 9.96. The molecule has 9 nitrogen and oxygen atoms in total. The second-order valence-electron chi connectivity index (χ2n) is 9.91. The third-order valence-corrected chi connectivity index (χ3v) is 7.66. The summed E-state index contributed by atoms with van der Waals surface area (Å²) in [6.07, 6.45) is 2.72. The first-order chi connectivity index (χ1) is 18.4. The monoisotopic (exact) mass is 543 g/mol. The number of piperidine rings is 1. The van der Waals surface area contributed by atoms with Crippen molar-refractivity contribution in [3.63, 3.8) is 0 Å². The van der Waals surface area contributed by atoms with Gasteiger partial charge in [-0.05, 0) is 42.9 Å². The van der Waals surface area contributed by atoms with Crippen molar-refractivity contribution in [3.05, 3.63) is 52.5 Å². The fraction of sp³-hybridized carbons (Fsp3) is 0.500. The minimum Gasteiger partial charge on any atom is -0.496 e. The van der Waals surface area contributed by atoms with Gasteiger partial charge in [0.25, 0.3) is 5.91 Å². The molecule has 2 aromatic rings. The molecule has 38 heavy (non-hydrogen) atoms. The summed E-state index contributed by atoms with van der Waals surface area (Å²) in [7, 11) is 1.49. The van der Waals surface area contributed by atoms with E-state index in [1.807, 2.05) is 29.2 Å². The van der Waals surface area contributed by atoms with E-state index in [4.69, 9.17) is 26.8 Å². The van der Waals surface area contributed by atoms with E-state index in [2.05, 4.69) is 22.5 Å². The highest BCUT2D eigenvalue weighted by atomic mass is 35.5. The van der Waals surface area contributed by atoms with E-state index < -0.39 is 0 Å². The molecule has 4 rings (SSSR count). The van der Waals surface area contributed by atoms with Crippen LogP contribution in [0.3, 0.4) is 0 Å². The van der Waals surface area contributed by atoms with Crippen LogP contribution >= 0.6 is 11.6 Å². The molecule has 0 aromatic heterocycles. The molecule has 10 heteroatoms. The number of carbonyl (C=O) groups excluding carboxylic acids is 2. The van der Waals surface area contributed by atoms with Gasteiger partial charge in [0.2, 0.25) is 0 Å². The minimum atomic E-state index is -0.281. The van der Waals surface area contributed by atoms with Crippen molar-refractivity contribution < 1.29 is 19.1 Å². The SMILES string of the molecule is CCc1ccccc1NC(=O)N1CCC(CN2CCOC(CNC(=O)c3cc(Cl)c(N)cc3OC)C2)CC1. The lowest BCUT2D eigenvalue weighted by molar-refractivity contribution is -0.0330. The van der Waals surface area contributed by atoms with Crippen molar-refractivity contribution in [3.8, 4) is 5.75 Å². The zero-order valence-corrected chi connectivity index (χ0v) is 22.9. The van der Waals surface area contributed by atoms with Crippen molar-refractivity contribution in [2.24, 2.45) is 5.92 Å². The first kappa shape index (κ1) is 28.0. The Morgan fingerprint density at radius 3 is 2.68 bits per heavy atom. The fourth-order valence-electron chi connectivity index (χ4n) is 5.12. The van der Waals surface area contributed by atoms with Crippen molar-refractivity contribution in [1.82, 2.24) is 15.1 Å². The number of amides is 3. The van der Waals surface area contributed by atoms with Gasteiger partial charge in [-0.3, -0.25) is 9.69 Å². The Bertz CT molecular complexity index is 1120. The number of ether oxygens (including phenoxy) is 2. The maximum absolute atomic E-state index is 12.8. The summed E-state index contributed by atoms with van der Waals surface area (Å²) in [5, 5.41) is 6.34. The molecule has 1 atom stereocenters. The first-order valence-electron chi connectivity index (χ1n) is 13.3. The number of methoxy groups -OCH3 is 1. The number of nitrogen functional groups attached to an aromatic ring is 1. The van der Waals surface area contributed by atoms with Gasteiger partial charge in [0.1, 0.15) is 5.75 Å². The number of nitrogens with one attached hydrogen (secondary N) is 2. The number of morpholine rings is 1. The molecule has 0 saturated carbocycles. The van der Waals surface area contributed by atoms with Gasteiger partial charge in [-0.1, -0.05) is 36.7 Å². The minimum absolute atomic E-state index is 0.0226. The number of para-hydroxylation sites is 1. The Balaban J connectivity index is 1.21. The Hall–Kier alpha value is -3.01. The summed E-state index contributed by atoms with van der Waals surface area (Å²) >= 11 is 6.11. The quantitative estimate of drug-likeness (QED) is 0.436. The van der Waals surface area contributed by atoms with Crippen LogP contribution < -0.4 is 21.1 Å². The van der Waals surface area contributed by atoms with Crippen molar-refractivity contribution in [1.29, 1.82) is 0 Å². The number of carbonyl (C=O) groups is 2. The third kappa shape index (κ3) is 7.09. The number of benzene rings is 2. The molecular formula is C28H38ClN5O4. The summed E-state index contributed by atoms with van der Waals surface area (Å²) in [6.45, 7) is 7.17. The molecule has 206 valence electrons. The molecule has 4 N–H and O–H groups in total. The summed E-state index contributed by atoms with van der Waals surface area (Å²) in [5.74, 6) is 0.623. The highest BCUT2D eigenvalue weighted by molar-refractivity contribution is 6.33. The highest BCUT2D eigenvalue weighted by Crippen LogP contribution is 2.29. The van der Waals surface area contributed by atoms with E-state index in [1.54, 1.807) is 6.07 Å². The van der Waals surface area contributed by atoms with Gasteiger partial charge in [0.05, 0.1) is 36.1 Å². The molecule has 2 aromatic carbocycles. The van der Waals surface area contributed by atoms with Gasteiger partial charge in [0, 0.05) is 51.0 Å². The topological polar surface area (TPSA) is 109 Å². The zero-order chi connectivity index (χ0) is 27.1. The molecular weight excluding hydrogens is 506 g/mol. The summed E-state index contributed by atoms with van der Waals surface area (Å²) in [6, 6.07) is 11.0. The van der Waals surface area contributed by atoms with Crippen molar-refractivity contribution in [2.45, 2.75) is 32.3 Å². The van der Waals surface area contributed by atoms with E-state index in [0.717, 1.165) is 63.2 Å². The van der Waals surface area contributed by atoms with Crippen molar-refractivity contribution >= 4 is 34.9 Å². The third-order valence-electron chi connectivity index (χ3n) is 7.33. The highest BCUT2D eigenvalue weighted by Gasteiger charge is 2.28. The van der Waals surface area contributed by atoms with Gasteiger partial charge >= 0.3 is 6.03 Å². The Labute approximate surface area is 229 Å². The van der Waals surface area contributed by atoms with E-state index in [0.29, 0.717) is 41.1 Å². The lowest BCUT2D eigenvalue weighted by Crippen LogP contribution is -2.50. The molecule has 0 radical (unpaired) electrons. The van der Waals surface area contributed by atoms with Crippen LogP contribution in [0.1, 0.15) is 35.7 Å². The lowest BCUT2D eigenvalue weighted by Gasteiger charge is -2.38. The number of hydrogen-bond donors (Lipinski definition) is 3. The van der Waals surface area contributed by atoms with Crippen LogP contribution in [0.5, 0.6) is 5.75 Å². The molecule has 2 saturated heterocycles. The van der Waals surface area contributed by atoms with Gasteiger partial charge in [-0.2, -0.15) is 0 Å². The number of rotatable bonds is 8. The van der Waals surface area contributed by atoms with Crippen LogP contribution in [0.2, 0.25) is 5.02 Å². The van der Waals surface area contributed by atoms with E-state index >= 15 is 0 Å². The summed E-state index contributed by atoms with van der Waals surface area (Å²) in [5.41, 5.74) is 8.56. The first-order valence-corrected chi connectivity index (χ1v) is 13.6. The molecule has 2 aliphatic heterocycles. The molecule has 2 aliphatic rings. The average molecular weight is 544 g/mol. The van der Waals surface area contributed by atoms with E-state index in [9.17, 15) is 9.59 Å². The van der Waals surface area contributed by atoms with Gasteiger partial charge in [0.15, 0.2) is 0 Å². The molecule has 1 unspecified atom stereocenters. The molecule has 2 heterocycles. The second kappa shape index (κ2) is 13.2. The smallest absolute Gasteiger partial charge is 0.321 e. The van der Waals surface area contributed by atoms with Crippen LogP contribution in [0.4, 0.5) is 16.2 Å². The van der Waals surface area contributed by atoms with Gasteiger partial charge in [-0.25, -0.2) is 4.79 Å². The molecule has 0 spiro atoms. The number of nitrogens with zero attached hydrogens (tertiary/aromatic N) is 2. The maximum atomic E-state index is 12.8. The maximum Gasteiger partial charge on any atom is 0.321 e. The predicted octanol–water partition coefficient (Wildman–Crippen LogP) is 3.87. The number of likely N-dealkylation sites (tertiary alicyclic amines) is 1. The summed E-state index contributed by atoms with van der Waals surface area (Å²) < 4.78 is 11.2. The zero-order valence-electron chi connectivity index (χ0n) is 22.2. The Morgan fingerprint density at radius 2 is 1.95 bits per heavy atom. The molecule has 0 bridgehead atoms. The van der Waals surface area contributed by atoms with Crippen LogP contribution in [0.25, 0.3) is 0 Å². The Morgan fingerprint density at radius 1 is 1.18 bits per heavy atom.